The lowest BCUT2D eigenvalue weighted by molar-refractivity contribution is 0.568. The Hall–Kier alpha value is -2.19. The summed E-state index contributed by atoms with van der Waals surface area (Å²) in [6, 6.07) is 8.63. The number of rotatable bonds is 4. The van der Waals surface area contributed by atoms with Crippen LogP contribution in [0.4, 0.5) is 5.69 Å². The summed E-state index contributed by atoms with van der Waals surface area (Å²) in [7, 11) is -3.59. The highest BCUT2D eigenvalue weighted by molar-refractivity contribution is 7.94. The van der Waals surface area contributed by atoms with Gasteiger partial charge in [-0.3, -0.25) is 4.72 Å². The Morgan fingerprint density at radius 1 is 1.18 bits per heavy atom. The van der Waals surface area contributed by atoms with Crippen LogP contribution in [-0.4, -0.2) is 18.6 Å². The third-order valence-electron chi connectivity index (χ3n) is 2.92. The van der Waals surface area contributed by atoms with Gasteiger partial charge in [-0.05, 0) is 49.7 Å². The molecule has 0 bridgehead atoms. The molecule has 0 saturated carbocycles. The maximum absolute atomic E-state index is 12.4. The van der Waals surface area contributed by atoms with Crippen molar-refractivity contribution in [1.29, 1.82) is 0 Å². The highest BCUT2D eigenvalue weighted by Gasteiger charge is 2.17. The van der Waals surface area contributed by atoms with Gasteiger partial charge in [0, 0.05) is 16.1 Å². The minimum Gasteiger partial charge on any atom is -0.423 e. The number of aryl methyl sites for hydroxylation is 2. The smallest absolute Gasteiger partial charge is 0.271 e. The van der Waals surface area contributed by atoms with Crippen molar-refractivity contribution in [2.75, 3.05) is 4.72 Å². The average molecular weight is 335 g/mol. The summed E-state index contributed by atoms with van der Waals surface area (Å²) in [6.07, 6.45) is 1.23. The maximum Gasteiger partial charge on any atom is 0.271 e. The lowest BCUT2D eigenvalue weighted by Gasteiger charge is -2.08. The topological polar surface area (TPSA) is 85.1 Å². The van der Waals surface area contributed by atoms with Crippen molar-refractivity contribution >= 4 is 27.0 Å². The fourth-order valence-corrected chi connectivity index (χ4v) is 4.35. The van der Waals surface area contributed by atoms with Crippen LogP contribution in [0.15, 0.2) is 45.4 Å². The summed E-state index contributed by atoms with van der Waals surface area (Å²) in [5, 5.41) is 7.46. The van der Waals surface area contributed by atoms with Gasteiger partial charge in [0.1, 0.15) is 4.21 Å². The molecule has 0 unspecified atom stereocenters. The third-order valence-corrected chi connectivity index (χ3v) is 5.79. The van der Waals surface area contributed by atoms with Crippen LogP contribution in [0.3, 0.4) is 0 Å². The molecule has 3 aromatic rings. The van der Waals surface area contributed by atoms with Gasteiger partial charge in [0.15, 0.2) is 0 Å². The summed E-state index contributed by atoms with van der Waals surface area (Å²) < 4.78 is 32.8. The van der Waals surface area contributed by atoms with E-state index in [1.54, 1.807) is 24.3 Å². The summed E-state index contributed by atoms with van der Waals surface area (Å²) >= 11 is 1.23. The first-order valence-electron chi connectivity index (χ1n) is 6.41. The standard InChI is InChI=1S/C14H13N3O3S2/c1-9-5-11(14-16-15-8-20-14)7-12(6-9)17-22(18,19)13-4-3-10(2)21-13/h3-8,17H,1-2H3. The van der Waals surface area contributed by atoms with Crippen LogP contribution in [0.5, 0.6) is 0 Å². The Balaban J connectivity index is 1.96. The number of hydrogen-bond acceptors (Lipinski definition) is 6. The Labute approximate surface area is 131 Å². The number of thiophene rings is 1. The Morgan fingerprint density at radius 2 is 2.00 bits per heavy atom. The summed E-state index contributed by atoms with van der Waals surface area (Å²) in [4.78, 5) is 0.941. The van der Waals surface area contributed by atoms with Crippen molar-refractivity contribution in [3.8, 4) is 11.5 Å². The molecule has 0 saturated heterocycles. The van der Waals surface area contributed by atoms with Crippen molar-refractivity contribution < 1.29 is 12.8 Å². The van der Waals surface area contributed by atoms with E-state index in [4.69, 9.17) is 4.42 Å². The lowest BCUT2D eigenvalue weighted by Crippen LogP contribution is -2.11. The van der Waals surface area contributed by atoms with Crippen molar-refractivity contribution in [3.63, 3.8) is 0 Å². The summed E-state index contributed by atoms with van der Waals surface area (Å²) in [5.74, 6) is 0.344. The normalized spacial score (nSPS) is 11.5. The Bertz CT molecular complexity index is 899. The number of nitrogens with one attached hydrogen (secondary N) is 1. The first-order chi connectivity index (χ1) is 10.4. The zero-order chi connectivity index (χ0) is 15.7. The number of nitrogens with zero attached hydrogens (tertiary/aromatic N) is 2. The van der Waals surface area contributed by atoms with Crippen LogP contribution in [0.2, 0.25) is 0 Å². The van der Waals surface area contributed by atoms with Gasteiger partial charge in [0.25, 0.3) is 10.0 Å². The van der Waals surface area contributed by atoms with E-state index >= 15 is 0 Å². The van der Waals surface area contributed by atoms with E-state index in [1.807, 2.05) is 19.9 Å². The van der Waals surface area contributed by atoms with E-state index in [2.05, 4.69) is 14.9 Å². The van der Waals surface area contributed by atoms with Crippen LogP contribution >= 0.6 is 11.3 Å². The summed E-state index contributed by atoms with van der Waals surface area (Å²) in [5.41, 5.74) is 2.01. The molecule has 0 amide bonds. The van der Waals surface area contributed by atoms with E-state index in [-0.39, 0.29) is 4.21 Å². The lowest BCUT2D eigenvalue weighted by atomic mass is 10.1. The Morgan fingerprint density at radius 3 is 2.64 bits per heavy atom. The fraction of sp³-hybridized carbons (Fsp3) is 0.143. The first-order valence-corrected chi connectivity index (χ1v) is 8.71. The fourth-order valence-electron chi connectivity index (χ4n) is 2.03. The van der Waals surface area contributed by atoms with Crippen LogP contribution in [0.25, 0.3) is 11.5 Å². The quantitative estimate of drug-likeness (QED) is 0.791. The third kappa shape index (κ3) is 3.02. The van der Waals surface area contributed by atoms with Crippen LogP contribution in [-0.2, 0) is 10.0 Å². The molecule has 0 radical (unpaired) electrons. The number of hydrogen-bond donors (Lipinski definition) is 1. The highest BCUT2D eigenvalue weighted by Crippen LogP contribution is 2.27. The monoisotopic (exact) mass is 335 g/mol. The molecule has 6 nitrogen and oxygen atoms in total. The van der Waals surface area contributed by atoms with Gasteiger partial charge in [-0.25, -0.2) is 8.42 Å². The molecule has 0 aliphatic carbocycles. The van der Waals surface area contributed by atoms with Crippen molar-refractivity contribution in [3.05, 3.63) is 47.2 Å². The second-order valence-corrected chi connectivity index (χ2v) is 8.00. The zero-order valence-electron chi connectivity index (χ0n) is 11.9. The predicted octanol–water partition coefficient (Wildman–Crippen LogP) is 3.22. The van der Waals surface area contributed by atoms with E-state index < -0.39 is 10.0 Å². The minimum atomic E-state index is -3.59. The molecule has 2 heterocycles. The van der Waals surface area contributed by atoms with Crippen molar-refractivity contribution in [2.24, 2.45) is 0 Å². The van der Waals surface area contributed by atoms with E-state index in [1.165, 1.54) is 17.7 Å². The number of benzene rings is 1. The van der Waals surface area contributed by atoms with Crippen LogP contribution in [0, 0.1) is 13.8 Å². The number of sulfonamides is 1. The molecular formula is C14H13N3O3S2. The molecule has 1 aromatic carbocycles. The average Bonchev–Trinajstić information content (AvgIpc) is 3.08. The second kappa shape index (κ2) is 5.54. The van der Waals surface area contributed by atoms with Crippen molar-refractivity contribution in [2.45, 2.75) is 18.1 Å². The molecule has 1 N–H and O–H groups in total. The largest absolute Gasteiger partial charge is 0.423 e. The zero-order valence-corrected chi connectivity index (χ0v) is 13.5. The van der Waals surface area contributed by atoms with Gasteiger partial charge < -0.3 is 4.42 Å². The van der Waals surface area contributed by atoms with Gasteiger partial charge in [0.2, 0.25) is 12.3 Å². The van der Waals surface area contributed by atoms with Gasteiger partial charge in [0.05, 0.1) is 0 Å². The number of aromatic nitrogens is 2. The minimum absolute atomic E-state index is 0.283. The van der Waals surface area contributed by atoms with Gasteiger partial charge in [-0.1, -0.05) is 0 Å². The van der Waals surface area contributed by atoms with Crippen molar-refractivity contribution in [1.82, 2.24) is 10.2 Å². The molecule has 0 spiro atoms. The molecule has 114 valence electrons. The molecule has 8 heteroatoms. The molecule has 0 aliphatic rings. The molecule has 22 heavy (non-hydrogen) atoms. The summed E-state index contributed by atoms with van der Waals surface area (Å²) in [6.45, 7) is 3.73. The molecular weight excluding hydrogens is 322 g/mol. The predicted molar refractivity (Wildman–Crippen MR) is 84.3 cm³/mol. The highest BCUT2D eigenvalue weighted by atomic mass is 32.2. The van der Waals surface area contributed by atoms with E-state index in [9.17, 15) is 8.42 Å². The van der Waals surface area contributed by atoms with Crippen LogP contribution < -0.4 is 4.72 Å². The number of anilines is 1. The van der Waals surface area contributed by atoms with Gasteiger partial charge in [-0.2, -0.15) is 0 Å². The van der Waals surface area contributed by atoms with Gasteiger partial charge >= 0.3 is 0 Å². The van der Waals surface area contributed by atoms with E-state index in [0.29, 0.717) is 17.1 Å². The first kappa shape index (κ1) is 14.7. The molecule has 3 rings (SSSR count). The molecule has 2 aromatic heterocycles. The second-order valence-electron chi connectivity index (χ2n) is 4.80. The van der Waals surface area contributed by atoms with E-state index in [0.717, 1.165) is 10.4 Å². The maximum atomic E-state index is 12.4. The molecule has 0 aliphatic heterocycles. The Kier molecular flexibility index (Phi) is 3.71. The SMILES string of the molecule is Cc1cc(NS(=O)(=O)c2ccc(C)s2)cc(-c2nnco2)c1. The van der Waals surface area contributed by atoms with Gasteiger partial charge in [-0.15, -0.1) is 21.5 Å². The molecule has 0 atom stereocenters. The van der Waals surface area contributed by atoms with Crippen LogP contribution in [0.1, 0.15) is 10.4 Å². The molecule has 0 fully saturated rings.